The van der Waals surface area contributed by atoms with Gasteiger partial charge in [0.05, 0.1) is 22.3 Å². The summed E-state index contributed by atoms with van der Waals surface area (Å²) in [6, 6.07) is 13.1. The van der Waals surface area contributed by atoms with E-state index in [4.69, 9.17) is 0 Å². The SMILES string of the molecule is C=CCn1c(SCc2nnnn2-c2ccc(OC(F)F)cc2)nc2ccccc2c1=O. The summed E-state index contributed by atoms with van der Waals surface area (Å²) in [5.74, 6) is 0.862. The molecule has 0 aliphatic carbocycles. The lowest BCUT2D eigenvalue weighted by atomic mass is 10.2. The molecule has 0 aliphatic heterocycles. The van der Waals surface area contributed by atoms with E-state index in [9.17, 15) is 13.6 Å². The largest absolute Gasteiger partial charge is 0.435 e. The van der Waals surface area contributed by atoms with Crippen LogP contribution in [0.5, 0.6) is 5.75 Å². The summed E-state index contributed by atoms with van der Waals surface area (Å²) in [6.45, 7) is 1.14. The zero-order chi connectivity index (χ0) is 21.8. The summed E-state index contributed by atoms with van der Waals surface area (Å²) in [6.07, 6.45) is 1.63. The number of ether oxygens (including phenoxy) is 1. The Bertz CT molecular complexity index is 1270. The molecule has 0 atom stereocenters. The number of aromatic nitrogens is 6. The highest BCUT2D eigenvalue weighted by Gasteiger charge is 2.14. The number of tetrazole rings is 1. The summed E-state index contributed by atoms with van der Waals surface area (Å²) < 4.78 is 32.1. The standard InChI is InChI=1S/C20H16F2N6O2S/c1-2-11-27-18(29)15-5-3-4-6-16(15)23-20(27)31-12-17-24-25-26-28(17)13-7-9-14(10-8-13)30-19(21)22/h2-10,19H,1,11-12H2. The van der Waals surface area contributed by atoms with Gasteiger partial charge in [-0.2, -0.15) is 13.5 Å². The van der Waals surface area contributed by atoms with Gasteiger partial charge in [-0.05, 0) is 46.8 Å². The van der Waals surface area contributed by atoms with E-state index in [1.807, 2.05) is 6.07 Å². The van der Waals surface area contributed by atoms with Crippen LogP contribution in [0.15, 0.2) is 71.1 Å². The number of thioether (sulfide) groups is 1. The van der Waals surface area contributed by atoms with E-state index in [2.05, 4.69) is 31.8 Å². The van der Waals surface area contributed by atoms with Crippen molar-refractivity contribution in [1.82, 2.24) is 29.8 Å². The molecule has 0 saturated heterocycles. The predicted octanol–water partition coefficient (Wildman–Crippen LogP) is 3.45. The van der Waals surface area contributed by atoms with E-state index >= 15 is 0 Å². The molecule has 158 valence electrons. The molecule has 0 spiro atoms. The number of rotatable bonds is 8. The Kier molecular flexibility index (Phi) is 6.03. The van der Waals surface area contributed by atoms with Crippen LogP contribution in [0.3, 0.4) is 0 Å². The summed E-state index contributed by atoms with van der Waals surface area (Å²) in [7, 11) is 0. The topological polar surface area (TPSA) is 87.7 Å². The first-order chi connectivity index (χ1) is 15.1. The summed E-state index contributed by atoms with van der Waals surface area (Å²) in [4.78, 5) is 17.5. The van der Waals surface area contributed by atoms with Gasteiger partial charge in [0.15, 0.2) is 11.0 Å². The number of halogens is 2. The molecule has 2 heterocycles. The molecule has 0 fully saturated rings. The van der Waals surface area contributed by atoms with Gasteiger partial charge in [0.25, 0.3) is 5.56 Å². The van der Waals surface area contributed by atoms with Gasteiger partial charge in [-0.15, -0.1) is 11.7 Å². The van der Waals surface area contributed by atoms with Crippen molar-refractivity contribution in [2.45, 2.75) is 24.1 Å². The molecule has 0 bridgehead atoms. The van der Waals surface area contributed by atoms with Crippen LogP contribution in [-0.2, 0) is 12.3 Å². The maximum atomic E-state index is 12.8. The maximum absolute atomic E-state index is 12.8. The molecule has 0 unspecified atom stereocenters. The van der Waals surface area contributed by atoms with E-state index in [-0.39, 0.29) is 11.3 Å². The van der Waals surface area contributed by atoms with E-state index in [1.165, 1.54) is 28.6 Å². The first-order valence-electron chi connectivity index (χ1n) is 9.12. The molecule has 0 N–H and O–H groups in total. The molecular formula is C20H16F2N6O2S. The van der Waals surface area contributed by atoms with Gasteiger partial charge in [0.2, 0.25) is 0 Å². The molecule has 4 aromatic rings. The maximum Gasteiger partial charge on any atom is 0.387 e. The van der Waals surface area contributed by atoms with Crippen molar-refractivity contribution in [3.05, 3.63) is 77.4 Å². The zero-order valence-electron chi connectivity index (χ0n) is 16.1. The minimum atomic E-state index is -2.89. The fourth-order valence-electron chi connectivity index (χ4n) is 2.94. The van der Waals surface area contributed by atoms with Crippen LogP contribution in [0.2, 0.25) is 0 Å². The zero-order valence-corrected chi connectivity index (χ0v) is 16.9. The number of hydrogen-bond donors (Lipinski definition) is 0. The monoisotopic (exact) mass is 442 g/mol. The first-order valence-corrected chi connectivity index (χ1v) is 10.1. The minimum absolute atomic E-state index is 0.0385. The highest BCUT2D eigenvalue weighted by Crippen LogP contribution is 2.23. The molecule has 4 rings (SSSR count). The lowest BCUT2D eigenvalue weighted by molar-refractivity contribution is -0.0498. The lowest BCUT2D eigenvalue weighted by Crippen LogP contribution is -2.22. The minimum Gasteiger partial charge on any atom is -0.435 e. The first kappa shape index (κ1) is 20.7. The molecule has 0 radical (unpaired) electrons. The van der Waals surface area contributed by atoms with Crippen molar-refractivity contribution in [3.8, 4) is 11.4 Å². The van der Waals surface area contributed by atoms with Crippen LogP contribution in [-0.4, -0.2) is 36.4 Å². The van der Waals surface area contributed by atoms with Gasteiger partial charge < -0.3 is 4.74 Å². The fourth-order valence-corrected chi connectivity index (χ4v) is 3.86. The van der Waals surface area contributed by atoms with Crippen molar-refractivity contribution < 1.29 is 13.5 Å². The molecule has 0 amide bonds. The Hall–Kier alpha value is -3.60. The van der Waals surface area contributed by atoms with Crippen LogP contribution in [0.25, 0.3) is 16.6 Å². The quantitative estimate of drug-likeness (QED) is 0.235. The molecule has 2 aromatic heterocycles. The number of para-hydroxylation sites is 1. The summed E-state index contributed by atoms with van der Waals surface area (Å²) in [5, 5.41) is 12.7. The molecule has 11 heteroatoms. The second kappa shape index (κ2) is 9.04. The Morgan fingerprint density at radius 1 is 1.16 bits per heavy atom. The third-order valence-electron chi connectivity index (χ3n) is 4.31. The van der Waals surface area contributed by atoms with Gasteiger partial charge >= 0.3 is 6.61 Å². The van der Waals surface area contributed by atoms with Crippen molar-refractivity contribution >= 4 is 22.7 Å². The molecule has 2 aromatic carbocycles. The van der Waals surface area contributed by atoms with Gasteiger partial charge in [0.1, 0.15) is 5.75 Å². The van der Waals surface area contributed by atoms with Crippen molar-refractivity contribution in [3.63, 3.8) is 0 Å². The van der Waals surface area contributed by atoms with Crippen LogP contribution >= 0.6 is 11.8 Å². The average molecular weight is 442 g/mol. The van der Waals surface area contributed by atoms with Gasteiger partial charge in [-0.1, -0.05) is 30.0 Å². The number of alkyl halides is 2. The molecular weight excluding hydrogens is 426 g/mol. The highest BCUT2D eigenvalue weighted by molar-refractivity contribution is 7.98. The van der Waals surface area contributed by atoms with E-state index < -0.39 is 6.61 Å². The van der Waals surface area contributed by atoms with Crippen molar-refractivity contribution in [2.24, 2.45) is 0 Å². The number of hydrogen-bond acceptors (Lipinski definition) is 7. The molecule has 8 nitrogen and oxygen atoms in total. The van der Waals surface area contributed by atoms with E-state index in [0.29, 0.717) is 39.9 Å². The van der Waals surface area contributed by atoms with Crippen molar-refractivity contribution in [2.75, 3.05) is 0 Å². The summed E-state index contributed by atoms with van der Waals surface area (Å²) in [5.41, 5.74) is 1.03. The normalized spacial score (nSPS) is 11.2. The van der Waals surface area contributed by atoms with E-state index in [1.54, 1.807) is 41.0 Å². The van der Waals surface area contributed by atoms with Gasteiger partial charge in [0, 0.05) is 6.54 Å². The van der Waals surface area contributed by atoms with Crippen LogP contribution in [0.1, 0.15) is 5.82 Å². The second-order valence-electron chi connectivity index (χ2n) is 6.28. The third-order valence-corrected chi connectivity index (χ3v) is 5.28. The lowest BCUT2D eigenvalue weighted by Gasteiger charge is -2.11. The third kappa shape index (κ3) is 4.45. The number of allylic oxidation sites excluding steroid dienone is 1. The van der Waals surface area contributed by atoms with Crippen molar-refractivity contribution in [1.29, 1.82) is 0 Å². The van der Waals surface area contributed by atoms with Crippen LogP contribution in [0, 0.1) is 0 Å². The Morgan fingerprint density at radius 3 is 2.68 bits per heavy atom. The Labute approximate surface area is 179 Å². The smallest absolute Gasteiger partial charge is 0.387 e. The van der Waals surface area contributed by atoms with Crippen LogP contribution < -0.4 is 10.3 Å². The van der Waals surface area contributed by atoms with Gasteiger partial charge in [-0.25, -0.2) is 4.98 Å². The second-order valence-corrected chi connectivity index (χ2v) is 7.23. The van der Waals surface area contributed by atoms with Crippen LogP contribution in [0.4, 0.5) is 8.78 Å². The number of nitrogens with zero attached hydrogens (tertiary/aromatic N) is 6. The average Bonchev–Trinajstić information content (AvgIpc) is 3.23. The molecule has 0 aliphatic rings. The highest BCUT2D eigenvalue weighted by atomic mass is 32.2. The predicted molar refractivity (Wildman–Crippen MR) is 112 cm³/mol. The molecule has 31 heavy (non-hydrogen) atoms. The fraction of sp³-hybridized carbons (Fsp3) is 0.150. The number of fused-ring (bicyclic) bond motifs is 1. The molecule has 0 saturated carbocycles. The van der Waals surface area contributed by atoms with Gasteiger partial charge in [-0.3, -0.25) is 9.36 Å². The van der Waals surface area contributed by atoms with E-state index in [0.717, 1.165) is 0 Å². The Balaban J connectivity index is 1.60. The summed E-state index contributed by atoms with van der Waals surface area (Å²) >= 11 is 1.31. The Morgan fingerprint density at radius 2 is 1.94 bits per heavy atom. The number of benzene rings is 2.